The third-order valence-corrected chi connectivity index (χ3v) is 4.11. The molecule has 0 spiro atoms. The van der Waals surface area contributed by atoms with Crippen LogP contribution in [0.2, 0.25) is 10.0 Å². The second-order valence-electron chi connectivity index (χ2n) is 4.01. The molecular formula is C13H9Cl2NO4S. The fraction of sp³-hybridized carbons (Fsp3) is 0.154. The molecule has 0 bridgehead atoms. The number of nitrogens with zero attached hydrogens (tertiary/aromatic N) is 1. The van der Waals surface area contributed by atoms with Crippen LogP contribution in [0.25, 0.3) is 6.08 Å². The zero-order valence-electron chi connectivity index (χ0n) is 10.8. The second-order valence-corrected chi connectivity index (χ2v) is 5.85. The van der Waals surface area contributed by atoms with Crippen LogP contribution in [0.1, 0.15) is 5.56 Å². The molecule has 8 heteroatoms. The van der Waals surface area contributed by atoms with Gasteiger partial charge in [0.25, 0.3) is 11.1 Å². The maximum absolute atomic E-state index is 12.1. The quantitative estimate of drug-likeness (QED) is 0.621. The van der Waals surface area contributed by atoms with Crippen molar-refractivity contribution < 1.29 is 19.1 Å². The largest absolute Gasteiger partial charge is 0.468 e. The Bertz CT molecular complexity index is 660. The number of carbonyl (C=O) groups is 3. The van der Waals surface area contributed by atoms with Gasteiger partial charge in [0.1, 0.15) is 6.54 Å². The van der Waals surface area contributed by atoms with E-state index in [2.05, 4.69) is 4.74 Å². The highest BCUT2D eigenvalue weighted by Crippen LogP contribution is 2.33. The molecule has 0 aromatic heterocycles. The van der Waals surface area contributed by atoms with Crippen LogP contribution >= 0.6 is 35.0 Å². The average molecular weight is 346 g/mol. The topological polar surface area (TPSA) is 63.7 Å². The molecule has 1 aromatic carbocycles. The molecule has 0 N–H and O–H groups in total. The van der Waals surface area contributed by atoms with Crippen molar-refractivity contribution in [1.82, 2.24) is 4.90 Å². The Morgan fingerprint density at radius 1 is 1.38 bits per heavy atom. The van der Waals surface area contributed by atoms with Crippen LogP contribution in [-0.2, 0) is 14.3 Å². The molecule has 1 heterocycles. The molecule has 1 aliphatic heterocycles. The Morgan fingerprint density at radius 3 is 2.71 bits per heavy atom. The lowest BCUT2D eigenvalue weighted by molar-refractivity contribution is -0.143. The highest BCUT2D eigenvalue weighted by Gasteiger charge is 2.36. The second kappa shape index (κ2) is 6.51. The number of hydrogen-bond acceptors (Lipinski definition) is 5. The first kappa shape index (κ1) is 15.9. The van der Waals surface area contributed by atoms with Crippen molar-refractivity contribution in [2.45, 2.75) is 0 Å². The van der Waals surface area contributed by atoms with Gasteiger partial charge in [0.2, 0.25) is 0 Å². The molecule has 0 aliphatic carbocycles. The Balaban J connectivity index is 2.25. The number of ether oxygens (including phenoxy) is 1. The van der Waals surface area contributed by atoms with E-state index in [1.807, 2.05) is 0 Å². The summed E-state index contributed by atoms with van der Waals surface area (Å²) in [6.45, 7) is -0.410. The highest BCUT2D eigenvalue weighted by molar-refractivity contribution is 8.18. The summed E-state index contributed by atoms with van der Waals surface area (Å²) in [5.74, 6) is -1.22. The number of amides is 2. The van der Waals surface area contributed by atoms with E-state index in [4.69, 9.17) is 23.2 Å². The lowest BCUT2D eigenvalue weighted by Crippen LogP contribution is -2.34. The first-order chi connectivity index (χ1) is 9.92. The highest BCUT2D eigenvalue weighted by atomic mass is 35.5. The van der Waals surface area contributed by atoms with Crippen LogP contribution in [0.15, 0.2) is 23.1 Å². The maximum Gasteiger partial charge on any atom is 0.325 e. The molecule has 0 atom stereocenters. The number of hydrogen-bond donors (Lipinski definition) is 0. The van der Waals surface area contributed by atoms with Gasteiger partial charge in [-0.3, -0.25) is 19.3 Å². The summed E-state index contributed by atoms with van der Waals surface area (Å²) in [5.41, 5.74) is 0.560. The molecule has 1 fully saturated rings. The van der Waals surface area contributed by atoms with E-state index >= 15 is 0 Å². The fourth-order valence-electron chi connectivity index (χ4n) is 1.59. The zero-order chi connectivity index (χ0) is 15.6. The Morgan fingerprint density at radius 2 is 2.10 bits per heavy atom. The van der Waals surface area contributed by atoms with Gasteiger partial charge in [-0.05, 0) is 35.5 Å². The zero-order valence-corrected chi connectivity index (χ0v) is 13.1. The number of imide groups is 1. The third kappa shape index (κ3) is 3.58. The van der Waals surface area contributed by atoms with Crippen LogP contribution in [0.5, 0.6) is 0 Å². The lowest BCUT2D eigenvalue weighted by atomic mass is 10.2. The van der Waals surface area contributed by atoms with Gasteiger partial charge in [-0.15, -0.1) is 0 Å². The number of benzene rings is 1. The summed E-state index contributed by atoms with van der Waals surface area (Å²) in [6, 6.07) is 4.80. The van der Waals surface area contributed by atoms with Crippen LogP contribution < -0.4 is 0 Å². The molecule has 0 saturated carbocycles. The Hall–Kier alpha value is -1.50. The number of esters is 1. The van der Waals surface area contributed by atoms with Gasteiger partial charge < -0.3 is 4.74 Å². The molecule has 110 valence electrons. The predicted octanol–water partition coefficient (Wildman–Crippen LogP) is 3.20. The van der Waals surface area contributed by atoms with Crippen molar-refractivity contribution in [3.63, 3.8) is 0 Å². The minimum Gasteiger partial charge on any atom is -0.468 e. The van der Waals surface area contributed by atoms with E-state index in [0.717, 1.165) is 16.7 Å². The van der Waals surface area contributed by atoms with E-state index < -0.39 is 23.7 Å². The molecule has 21 heavy (non-hydrogen) atoms. The number of rotatable bonds is 3. The van der Waals surface area contributed by atoms with Crippen LogP contribution in [0, 0.1) is 0 Å². The summed E-state index contributed by atoms with van der Waals surface area (Å²) >= 11 is 12.5. The summed E-state index contributed by atoms with van der Waals surface area (Å²) in [7, 11) is 1.19. The van der Waals surface area contributed by atoms with E-state index in [1.54, 1.807) is 12.1 Å². The van der Waals surface area contributed by atoms with Crippen LogP contribution in [-0.4, -0.2) is 35.7 Å². The molecule has 1 aromatic rings. The standard InChI is InChI=1S/C13H9Cl2NO4S/c1-20-11(17)6-16-12(18)10(21-13(16)19)4-7-2-3-8(14)5-9(7)15/h2-5H,6H2,1H3. The van der Waals surface area contributed by atoms with E-state index in [9.17, 15) is 14.4 Å². The van der Waals surface area contributed by atoms with Crippen molar-refractivity contribution >= 4 is 58.2 Å². The van der Waals surface area contributed by atoms with Gasteiger partial charge in [-0.2, -0.15) is 0 Å². The molecule has 1 saturated heterocycles. The minimum absolute atomic E-state index is 0.188. The van der Waals surface area contributed by atoms with E-state index in [-0.39, 0.29) is 4.91 Å². The molecular weight excluding hydrogens is 337 g/mol. The maximum atomic E-state index is 12.1. The predicted molar refractivity (Wildman–Crippen MR) is 81.2 cm³/mol. The fourth-order valence-corrected chi connectivity index (χ4v) is 2.88. The molecule has 5 nitrogen and oxygen atoms in total. The SMILES string of the molecule is COC(=O)CN1C(=O)SC(=Cc2ccc(Cl)cc2Cl)C1=O. The normalized spacial score (nSPS) is 16.7. The smallest absolute Gasteiger partial charge is 0.325 e. The van der Waals surface area contributed by atoms with Crippen molar-refractivity contribution in [3.05, 3.63) is 38.7 Å². The van der Waals surface area contributed by atoms with E-state index in [0.29, 0.717) is 15.6 Å². The van der Waals surface area contributed by atoms with Gasteiger partial charge >= 0.3 is 5.97 Å². The van der Waals surface area contributed by atoms with Crippen molar-refractivity contribution in [2.75, 3.05) is 13.7 Å². The number of thioether (sulfide) groups is 1. The number of methoxy groups -OCH3 is 1. The molecule has 2 amide bonds. The summed E-state index contributed by atoms with van der Waals surface area (Å²) in [6.07, 6.45) is 1.49. The monoisotopic (exact) mass is 345 g/mol. The third-order valence-electron chi connectivity index (χ3n) is 2.64. The lowest BCUT2D eigenvalue weighted by Gasteiger charge is -2.09. The minimum atomic E-state index is -0.664. The first-order valence-corrected chi connectivity index (χ1v) is 7.27. The van der Waals surface area contributed by atoms with Gasteiger partial charge in [-0.1, -0.05) is 29.3 Å². The van der Waals surface area contributed by atoms with Crippen LogP contribution in [0.4, 0.5) is 4.79 Å². The first-order valence-electron chi connectivity index (χ1n) is 5.69. The van der Waals surface area contributed by atoms with Crippen molar-refractivity contribution in [3.8, 4) is 0 Å². The number of carbonyl (C=O) groups excluding carboxylic acids is 3. The van der Waals surface area contributed by atoms with Gasteiger partial charge in [0.15, 0.2) is 0 Å². The van der Waals surface area contributed by atoms with Crippen LogP contribution in [0.3, 0.4) is 0 Å². The van der Waals surface area contributed by atoms with Gasteiger partial charge in [-0.25, -0.2) is 0 Å². The summed E-state index contributed by atoms with van der Waals surface area (Å²) in [4.78, 5) is 36.0. The Labute approximate surface area is 134 Å². The molecule has 0 unspecified atom stereocenters. The van der Waals surface area contributed by atoms with Crippen molar-refractivity contribution in [2.24, 2.45) is 0 Å². The molecule has 2 rings (SSSR count). The molecule has 1 aliphatic rings. The Kier molecular flexibility index (Phi) is 4.92. The number of halogens is 2. The summed E-state index contributed by atoms with van der Waals surface area (Å²) < 4.78 is 4.45. The average Bonchev–Trinajstić information content (AvgIpc) is 2.69. The van der Waals surface area contributed by atoms with Gasteiger partial charge in [0.05, 0.1) is 12.0 Å². The molecule has 0 radical (unpaired) electrons. The summed E-state index contributed by atoms with van der Waals surface area (Å²) in [5, 5.41) is 0.306. The van der Waals surface area contributed by atoms with E-state index in [1.165, 1.54) is 19.3 Å². The van der Waals surface area contributed by atoms with Crippen molar-refractivity contribution in [1.29, 1.82) is 0 Å². The van der Waals surface area contributed by atoms with Gasteiger partial charge in [0, 0.05) is 10.0 Å².